The highest BCUT2D eigenvalue weighted by Gasteiger charge is 2.14. The van der Waals surface area contributed by atoms with Crippen molar-refractivity contribution in [3.63, 3.8) is 0 Å². The van der Waals surface area contributed by atoms with Crippen LogP contribution in [0, 0.1) is 13.8 Å². The third-order valence-corrected chi connectivity index (χ3v) is 4.43. The fraction of sp³-hybridized carbons (Fsp3) is 0.0952. The second kappa shape index (κ2) is 6.39. The monoisotopic (exact) mass is 361 g/mol. The summed E-state index contributed by atoms with van der Waals surface area (Å²) in [6.45, 7) is 3.74. The minimum atomic E-state index is -0.0542. The summed E-state index contributed by atoms with van der Waals surface area (Å²) in [5, 5.41) is 0.966. The zero-order valence-corrected chi connectivity index (χ0v) is 15.1. The van der Waals surface area contributed by atoms with Crippen LogP contribution in [0.5, 0.6) is 0 Å². The molecule has 1 aromatic carbocycles. The van der Waals surface area contributed by atoms with E-state index in [1.807, 2.05) is 56.3 Å². The van der Waals surface area contributed by atoms with E-state index < -0.39 is 0 Å². The first-order chi connectivity index (χ1) is 12.5. The Kier molecular flexibility index (Phi) is 4.05. The molecule has 0 amide bonds. The molecule has 0 aliphatic rings. The van der Waals surface area contributed by atoms with Crippen LogP contribution in [-0.4, -0.2) is 15.0 Å². The van der Waals surface area contributed by atoms with Crippen molar-refractivity contribution in [1.29, 1.82) is 0 Å². The minimum Gasteiger partial charge on any atom is -0.343 e. The number of benzene rings is 1. The fourth-order valence-electron chi connectivity index (χ4n) is 3.11. The molecule has 3 aromatic heterocycles. The Hall–Kier alpha value is -2.98. The van der Waals surface area contributed by atoms with Crippen LogP contribution < -0.4 is 5.43 Å². The molecule has 0 spiro atoms. The van der Waals surface area contributed by atoms with Gasteiger partial charge in [0.2, 0.25) is 0 Å². The molecule has 0 fully saturated rings. The number of aromatic amines is 1. The van der Waals surface area contributed by atoms with Gasteiger partial charge in [0.15, 0.2) is 5.43 Å². The van der Waals surface area contributed by atoms with Gasteiger partial charge in [-0.1, -0.05) is 41.9 Å². The Morgan fingerprint density at radius 1 is 0.923 bits per heavy atom. The number of fused-ring (bicyclic) bond motifs is 1. The summed E-state index contributed by atoms with van der Waals surface area (Å²) in [7, 11) is 0. The van der Waals surface area contributed by atoms with Gasteiger partial charge in [0.05, 0.1) is 11.1 Å². The van der Waals surface area contributed by atoms with Gasteiger partial charge in [0.25, 0.3) is 0 Å². The molecule has 0 aliphatic heterocycles. The molecule has 4 nitrogen and oxygen atoms in total. The third kappa shape index (κ3) is 3.00. The summed E-state index contributed by atoms with van der Waals surface area (Å²) in [6, 6.07) is 17.1. The second-order valence-corrected chi connectivity index (χ2v) is 6.67. The van der Waals surface area contributed by atoms with Crippen LogP contribution in [0.4, 0.5) is 0 Å². The van der Waals surface area contributed by atoms with Crippen molar-refractivity contribution >= 4 is 22.6 Å². The van der Waals surface area contributed by atoms with Gasteiger partial charge in [-0.2, -0.15) is 0 Å². The summed E-state index contributed by atoms with van der Waals surface area (Å²) in [5.74, 6) is 0. The van der Waals surface area contributed by atoms with E-state index in [4.69, 9.17) is 16.6 Å². The van der Waals surface area contributed by atoms with Gasteiger partial charge < -0.3 is 4.98 Å². The number of hydrogen-bond acceptors (Lipinski definition) is 3. The summed E-state index contributed by atoms with van der Waals surface area (Å²) >= 11 is 6.17. The van der Waals surface area contributed by atoms with Crippen LogP contribution in [0.2, 0.25) is 5.15 Å². The number of halogens is 1. The van der Waals surface area contributed by atoms with E-state index in [0.29, 0.717) is 16.2 Å². The fourth-order valence-corrected chi connectivity index (χ4v) is 3.36. The average Bonchev–Trinajstić information content (AvgIpc) is 2.60. The highest BCUT2D eigenvalue weighted by molar-refractivity contribution is 6.29. The van der Waals surface area contributed by atoms with Crippen molar-refractivity contribution < 1.29 is 0 Å². The van der Waals surface area contributed by atoms with Crippen molar-refractivity contribution in [2.24, 2.45) is 0 Å². The first kappa shape index (κ1) is 16.5. The summed E-state index contributed by atoms with van der Waals surface area (Å²) in [6.07, 6.45) is 0. The molecule has 4 rings (SSSR count). The van der Waals surface area contributed by atoms with Crippen LogP contribution in [0.25, 0.3) is 33.4 Å². The number of rotatable bonds is 2. The molecule has 26 heavy (non-hydrogen) atoms. The average molecular weight is 362 g/mol. The lowest BCUT2D eigenvalue weighted by molar-refractivity contribution is 1.19. The lowest BCUT2D eigenvalue weighted by Gasteiger charge is -2.12. The molecule has 0 unspecified atom stereocenters. The summed E-state index contributed by atoms with van der Waals surface area (Å²) in [4.78, 5) is 24.7. The lowest BCUT2D eigenvalue weighted by atomic mass is 9.98. The van der Waals surface area contributed by atoms with Gasteiger partial charge >= 0.3 is 0 Å². The van der Waals surface area contributed by atoms with E-state index in [9.17, 15) is 4.79 Å². The second-order valence-electron chi connectivity index (χ2n) is 6.28. The zero-order valence-electron chi connectivity index (χ0n) is 14.4. The Labute approximate surface area is 155 Å². The van der Waals surface area contributed by atoms with Crippen molar-refractivity contribution in [3.8, 4) is 22.4 Å². The summed E-state index contributed by atoms with van der Waals surface area (Å²) in [5.41, 5.74) is 5.62. The smallest absolute Gasteiger partial charge is 0.191 e. The van der Waals surface area contributed by atoms with E-state index >= 15 is 0 Å². The molecule has 4 aromatic rings. The quantitative estimate of drug-likeness (QED) is 0.515. The number of hydrogen-bond donors (Lipinski definition) is 1. The molecule has 0 saturated heterocycles. The maximum Gasteiger partial charge on any atom is 0.191 e. The lowest BCUT2D eigenvalue weighted by Crippen LogP contribution is -2.06. The predicted octanol–water partition coefficient (Wildman–Crippen LogP) is 4.92. The van der Waals surface area contributed by atoms with Gasteiger partial charge in [-0.3, -0.25) is 4.79 Å². The normalized spacial score (nSPS) is 11.0. The van der Waals surface area contributed by atoms with Gasteiger partial charge in [-0.25, -0.2) is 9.97 Å². The molecule has 3 heterocycles. The molecule has 0 aliphatic carbocycles. The number of nitrogens with zero attached hydrogens (tertiary/aromatic N) is 2. The minimum absolute atomic E-state index is 0.0542. The number of aromatic nitrogens is 3. The molecule has 0 bridgehead atoms. The van der Waals surface area contributed by atoms with Crippen LogP contribution >= 0.6 is 11.6 Å². The van der Waals surface area contributed by atoms with Crippen LogP contribution in [-0.2, 0) is 0 Å². The molecule has 0 saturated carbocycles. The van der Waals surface area contributed by atoms with Crippen LogP contribution in [0.3, 0.4) is 0 Å². The van der Waals surface area contributed by atoms with Crippen molar-refractivity contribution in [2.45, 2.75) is 13.8 Å². The maximum absolute atomic E-state index is 12.5. The number of nitrogens with one attached hydrogen (secondary N) is 1. The summed E-state index contributed by atoms with van der Waals surface area (Å²) < 4.78 is 0. The van der Waals surface area contributed by atoms with Crippen LogP contribution in [0.15, 0.2) is 59.4 Å². The van der Waals surface area contributed by atoms with Gasteiger partial charge in [-0.05, 0) is 37.6 Å². The molecule has 0 atom stereocenters. The standard InChI is InChI=1S/C21H16ClN3O/c1-12-8-15(10-19(22)23-12)16-11-17-18(26)9-13(2)24-21(17)25-20(16)14-6-4-3-5-7-14/h3-11H,1-2H3,(H,24,25,26). The molecule has 128 valence electrons. The van der Waals surface area contributed by atoms with Crippen molar-refractivity contribution in [2.75, 3.05) is 0 Å². The Balaban J connectivity index is 2.11. The van der Waals surface area contributed by atoms with Crippen LogP contribution in [0.1, 0.15) is 11.4 Å². The Morgan fingerprint density at radius 3 is 2.42 bits per heavy atom. The number of pyridine rings is 3. The Morgan fingerprint density at radius 2 is 1.69 bits per heavy atom. The number of H-pyrrole nitrogens is 1. The van der Waals surface area contributed by atoms with Gasteiger partial charge in [0.1, 0.15) is 10.8 Å². The van der Waals surface area contributed by atoms with E-state index in [0.717, 1.165) is 33.8 Å². The predicted molar refractivity (Wildman–Crippen MR) is 106 cm³/mol. The molecular formula is C21H16ClN3O. The highest BCUT2D eigenvalue weighted by atomic mass is 35.5. The van der Waals surface area contributed by atoms with E-state index in [-0.39, 0.29) is 5.43 Å². The third-order valence-electron chi connectivity index (χ3n) is 4.23. The zero-order chi connectivity index (χ0) is 18.3. The Bertz CT molecular complexity index is 1160. The van der Waals surface area contributed by atoms with Gasteiger partial charge in [-0.15, -0.1) is 0 Å². The SMILES string of the molecule is Cc1cc(-c2cc3c(=O)cc(C)[nH]c3nc2-c2ccccc2)cc(Cl)n1. The number of aryl methyl sites for hydroxylation is 2. The van der Waals surface area contributed by atoms with E-state index in [1.54, 1.807) is 12.1 Å². The molecular weight excluding hydrogens is 346 g/mol. The topological polar surface area (TPSA) is 58.6 Å². The molecule has 0 radical (unpaired) electrons. The first-order valence-electron chi connectivity index (χ1n) is 8.26. The van der Waals surface area contributed by atoms with E-state index in [1.165, 1.54) is 0 Å². The maximum atomic E-state index is 12.5. The molecule has 1 N–H and O–H groups in total. The molecule has 5 heteroatoms. The van der Waals surface area contributed by atoms with Gasteiger partial charge in [0, 0.05) is 28.6 Å². The van der Waals surface area contributed by atoms with Crippen molar-refractivity contribution in [3.05, 3.63) is 81.4 Å². The largest absolute Gasteiger partial charge is 0.343 e. The van der Waals surface area contributed by atoms with Crippen molar-refractivity contribution in [1.82, 2.24) is 15.0 Å². The highest BCUT2D eigenvalue weighted by Crippen LogP contribution is 2.33. The van der Waals surface area contributed by atoms with E-state index in [2.05, 4.69) is 9.97 Å². The first-order valence-corrected chi connectivity index (χ1v) is 8.64.